The zero-order valence-electron chi connectivity index (χ0n) is 7.15. The molecule has 1 rings (SSSR count). The fourth-order valence-corrected chi connectivity index (χ4v) is 1.22. The third-order valence-corrected chi connectivity index (χ3v) is 2.00. The molecule has 1 aromatic rings. The maximum Gasteiger partial charge on any atom is 0.264 e. The second-order valence-electron chi connectivity index (χ2n) is 2.71. The number of carbonyl (C=O) groups excluding carboxylic acids is 1. The van der Waals surface area contributed by atoms with Crippen LogP contribution in [0.5, 0.6) is 0 Å². The Bertz CT molecular complexity index is 377. The maximum absolute atomic E-state index is 12.9. The Kier molecular flexibility index (Phi) is 3.16. The Balaban J connectivity index is 3.39. The van der Waals surface area contributed by atoms with E-state index in [0.717, 1.165) is 19.1 Å². The van der Waals surface area contributed by atoms with Crippen molar-refractivity contribution in [3.05, 3.63) is 34.1 Å². The summed E-state index contributed by atoms with van der Waals surface area (Å²) in [5.74, 6) is -1.49. The van der Waals surface area contributed by atoms with Crippen molar-refractivity contribution in [2.75, 3.05) is 0 Å². The number of hydrogen-bond acceptors (Lipinski definition) is 1. The molecule has 0 saturated heterocycles. The molecule has 1 aromatic carbocycles. The predicted octanol–water partition coefficient (Wildman–Crippen LogP) is 3.62. The van der Waals surface area contributed by atoms with Crippen molar-refractivity contribution in [3.63, 3.8) is 0 Å². The molecule has 0 atom stereocenters. The fourth-order valence-electron chi connectivity index (χ4n) is 1.05. The number of carbonyl (C=O) groups is 1. The van der Waals surface area contributed by atoms with Crippen LogP contribution in [0.15, 0.2) is 12.1 Å². The number of Topliss-reactive ketones (excluding diaryl/α,β-unsaturated/α-hetero) is 1. The average molecular weight is 223 g/mol. The van der Waals surface area contributed by atoms with E-state index < -0.39 is 28.6 Å². The van der Waals surface area contributed by atoms with Gasteiger partial charge >= 0.3 is 0 Å². The van der Waals surface area contributed by atoms with Gasteiger partial charge in [0.05, 0.1) is 5.02 Å². The SMILES string of the molecule is CC(=O)c1cc(F)c(Cl)cc1C(F)F. The van der Waals surface area contributed by atoms with Crippen LogP contribution >= 0.6 is 11.6 Å². The quantitative estimate of drug-likeness (QED) is 0.699. The van der Waals surface area contributed by atoms with Gasteiger partial charge in [0.2, 0.25) is 0 Å². The Morgan fingerprint density at radius 2 is 2.00 bits per heavy atom. The van der Waals surface area contributed by atoms with Gasteiger partial charge in [-0.2, -0.15) is 0 Å². The zero-order chi connectivity index (χ0) is 10.9. The summed E-state index contributed by atoms with van der Waals surface area (Å²) in [5, 5.41) is -0.412. The van der Waals surface area contributed by atoms with Crippen molar-refractivity contribution in [1.82, 2.24) is 0 Å². The number of alkyl halides is 2. The first-order chi connectivity index (χ1) is 6.43. The molecule has 14 heavy (non-hydrogen) atoms. The summed E-state index contributed by atoms with van der Waals surface area (Å²) < 4.78 is 37.6. The summed E-state index contributed by atoms with van der Waals surface area (Å²) in [6.45, 7) is 1.09. The summed E-state index contributed by atoms with van der Waals surface area (Å²) in [6.07, 6.45) is -2.84. The molecule has 0 aliphatic carbocycles. The van der Waals surface area contributed by atoms with Gasteiger partial charge in [-0.1, -0.05) is 11.6 Å². The van der Waals surface area contributed by atoms with E-state index in [4.69, 9.17) is 11.6 Å². The van der Waals surface area contributed by atoms with Crippen LogP contribution in [0.3, 0.4) is 0 Å². The van der Waals surface area contributed by atoms with E-state index in [1.807, 2.05) is 0 Å². The van der Waals surface area contributed by atoms with Crippen LogP contribution in [0.25, 0.3) is 0 Å². The predicted molar refractivity (Wildman–Crippen MR) is 46.4 cm³/mol. The molecule has 76 valence electrons. The van der Waals surface area contributed by atoms with Gasteiger partial charge in [-0.15, -0.1) is 0 Å². The first kappa shape index (κ1) is 11.0. The summed E-state index contributed by atoms with van der Waals surface area (Å²) >= 11 is 5.31. The van der Waals surface area contributed by atoms with Crippen LogP contribution < -0.4 is 0 Å². The zero-order valence-corrected chi connectivity index (χ0v) is 7.91. The van der Waals surface area contributed by atoms with Crippen LogP contribution in [0, 0.1) is 5.82 Å². The topological polar surface area (TPSA) is 17.1 Å². The maximum atomic E-state index is 12.9. The summed E-state index contributed by atoms with van der Waals surface area (Å²) in [5.41, 5.74) is -0.870. The minimum absolute atomic E-state index is 0.332. The van der Waals surface area contributed by atoms with Gasteiger partial charge < -0.3 is 0 Å². The van der Waals surface area contributed by atoms with Crippen LogP contribution in [-0.4, -0.2) is 5.78 Å². The van der Waals surface area contributed by atoms with Crippen LogP contribution in [0.2, 0.25) is 5.02 Å². The number of ketones is 1. The second kappa shape index (κ2) is 4.00. The molecular weight excluding hydrogens is 217 g/mol. The molecule has 1 nitrogen and oxygen atoms in total. The summed E-state index contributed by atoms with van der Waals surface area (Å²) in [7, 11) is 0. The van der Waals surface area contributed by atoms with E-state index in [1.165, 1.54) is 0 Å². The standard InChI is InChI=1S/C9H6ClF3O/c1-4(14)5-3-8(11)7(10)2-6(5)9(12)13/h2-3,9H,1H3. The van der Waals surface area contributed by atoms with Gasteiger partial charge in [-0.25, -0.2) is 13.2 Å². The van der Waals surface area contributed by atoms with Crippen molar-refractivity contribution in [3.8, 4) is 0 Å². The molecule has 0 spiro atoms. The van der Waals surface area contributed by atoms with E-state index in [2.05, 4.69) is 0 Å². The second-order valence-corrected chi connectivity index (χ2v) is 3.12. The van der Waals surface area contributed by atoms with Gasteiger partial charge in [0.1, 0.15) is 5.82 Å². The van der Waals surface area contributed by atoms with Gasteiger partial charge in [-0.3, -0.25) is 4.79 Å². The highest BCUT2D eigenvalue weighted by molar-refractivity contribution is 6.31. The summed E-state index contributed by atoms with van der Waals surface area (Å²) in [6, 6.07) is 1.50. The molecule has 0 saturated carbocycles. The molecule has 0 radical (unpaired) electrons. The van der Waals surface area contributed by atoms with E-state index in [9.17, 15) is 18.0 Å². The number of rotatable bonds is 2. The Morgan fingerprint density at radius 3 is 2.43 bits per heavy atom. The highest BCUT2D eigenvalue weighted by atomic mass is 35.5. The van der Waals surface area contributed by atoms with Gasteiger partial charge in [0.25, 0.3) is 6.43 Å². The fraction of sp³-hybridized carbons (Fsp3) is 0.222. The first-order valence-electron chi connectivity index (χ1n) is 3.71. The minimum atomic E-state index is -2.84. The third-order valence-electron chi connectivity index (χ3n) is 1.71. The molecule has 0 fully saturated rings. The van der Waals surface area contributed by atoms with Gasteiger partial charge in [-0.05, 0) is 19.1 Å². The molecule has 0 aliphatic heterocycles. The smallest absolute Gasteiger partial charge is 0.264 e. The Labute approximate surface area is 83.5 Å². The van der Waals surface area contributed by atoms with Crippen molar-refractivity contribution in [2.45, 2.75) is 13.3 Å². The highest BCUT2D eigenvalue weighted by Crippen LogP contribution is 2.28. The van der Waals surface area contributed by atoms with Crippen molar-refractivity contribution in [1.29, 1.82) is 0 Å². The molecule has 0 amide bonds. The Hall–Kier alpha value is -1.03. The molecule has 0 aliphatic rings. The number of benzene rings is 1. The lowest BCUT2D eigenvalue weighted by atomic mass is 10.0. The largest absolute Gasteiger partial charge is 0.294 e. The van der Waals surface area contributed by atoms with Crippen LogP contribution in [0.1, 0.15) is 29.3 Å². The lowest BCUT2D eigenvalue weighted by Gasteiger charge is -2.06. The van der Waals surface area contributed by atoms with E-state index in [0.29, 0.717) is 0 Å². The highest BCUT2D eigenvalue weighted by Gasteiger charge is 2.18. The first-order valence-corrected chi connectivity index (χ1v) is 4.09. The van der Waals surface area contributed by atoms with Crippen LogP contribution in [0.4, 0.5) is 13.2 Å². The van der Waals surface area contributed by atoms with Gasteiger partial charge in [0.15, 0.2) is 5.78 Å². The molecule has 0 bridgehead atoms. The monoisotopic (exact) mass is 222 g/mol. The lowest BCUT2D eigenvalue weighted by Crippen LogP contribution is -2.01. The van der Waals surface area contributed by atoms with Crippen molar-refractivity contribution < 1.29 is 18.0 Å². The van der Waals surface area contributed by atoms with Crippen molar-refractivity contribution in [2.24, 2.45) is 0 Å². The van der Waals surface area contributed by atoms with Gasteiger partial charge in [0, 0.05) is 11.1 Å². The Morgan fingerprint density at radius 1 is 1.43 bits per heavy atom. The van der Waals surface area contributed by atoms with E-state index in [1.54, 1.807) is 0 Å². The van der Waals surface area contributed by atoms with Crippen LogP contribution in [-0.2, 0) is 0 Å². The lowest BCUT2D eigenvalue weighted by molar-refractivity contribution is 0.0998. The molecule has 0 heterocycles. The summed E-state index contributed by atoms with van der Waals surface area (Å²) in [4.78, 5) is 10.9. The molecule has 0 unspecified atom stereocenters. The van der Waals surface area contributed by atoms with E-state index >= 15 is 0 Å². The molecular formula is C9H6ClF3O. The van der Waals surface area contributed by atoms with E-state index in [-0.39, 0.29) is 5.56 Å². The number of hydrogen-bond donors (Lipinski definition) is 0. The molecule has 0 aromatic heterocycles. The number of halogens is 4. The molecule has 0 N–H and O–H groups in total. The normalized spacial score (nSPS) is 10.7. The molecule has 5 heteroatoms. The minimum Gasteiger partial charge on any atom is -0.294 e. The average Bonchev–Trinajstić information content (AvgIpc) is 2.08. The van der Waals surface area contributed by atoms with Crippen molar-refractivity contribution >= 4 is 17.4 Å². The third kappa shape index (κ3) is 2.07.